The van der Waals surface area contributed by atoms with Gasteiger partial charge in [-0.2, -0.15) is 10.2 Å². The number of methoxy groups -OCH3 is 1. The molecule has 0 unspecified atom stereocenters. The third-order valence-corrected chi connectivity index (χ3v) is 2.57. The normalized spacial score (nSPS) is 9.71. The molecule has 0 aliphatic carbocycles. The lowest BCUT2D eigenvalue weighted by Crippen LogP contribution is -2.05. The van der Waals surface area contributed by atoms with E-state index >= 15 is 0 Å². The van der Waals surface area contributed by atoms with Gasteiger partial charge in [0, 0.05) is 6.07 Å². The van der Waals surface area contributed by atoms with Crippen molar-refractivity contribution in [2.24, 2.45) is 0 Å². The zero-order valence-electron chi connectivity index (χ0n) is 10.9. The number of benzene rings is 1. The van der Waals surface area contributed by atoms with Crippen molar-refractivity contribution in [1.29, 1.82) is 5.26 Å². The van der Waals surface area contributed by atoms with E-state index in [1.54, 1.807) is 12.1 Å². The van der Waals surface area contributed by atoms with Gasteiger partial charge >= 0.3 is 5.69 Å². The van der Waals surface area contributed by atoms with Crippen LogP contribution in [-0.4, -0.2) is 22.0 Å². The van der Waals surface area contributed by atoms with Crippen molar-refractivity contribution in [3.63, 3.8) is 0 Å². The topological polar surface area (TPSA) is 140 Å². The Morgan fingerprint density at radius 3 is 2.90 bits per heavy atom. The van der Waals surface area contributed by atoms with Crippen LogP contribution < -0.4 is 15.8 Å². The van der Waals surface area contributed by atoms with E-state index in [-0.39, 0.29) is 17.5 Å². The molecule has 0 amide bonds. The van der Waals surface area contributed by atoms with Crippen LogP contribution in [0.5, 0.6) is 5.75 Å². The average Bonchev–Trinajstić information content (AvgIpc) is 2.47. The average molecular weight is 286 g/mol. The SMILES string of the molecule is COc1cc(C#N)ccc1Nc1nc(N)ncc1[N+](=O)[O-]. The maximum absolute atomic E-state index is 10.9. The van der Waals surface area contributed by atoms with Crippen LogP contribution in [-0.2, 0) is 0 Å². The maximum Gasteiger partial charge on any atom is 0.329 e. The van der Waals surface area contributed by atoms with Gasteiger partial charge < -0.3 is 15.8 Å². The molecular formula is C12H10N6O3. The number of aromatic nitrogens is 2. The minimum Gasteiger partial charge on any atom is -0.495 e. The monoisotopic (exact) mass is 286 g/mol. The largest absolute Gasteiger partial charge is 0.495 e. The lowest BCUT2D eigenvalue weighted by molar-refractivity contribution is -0.384. The second-order valence-corrected chi connectivity index (χ2v) is 3.87. The molecule has 21 heavy (non-hydrogen) atoms. The Bertz CT molecular complexity index is 740. The number of hydrogen-bond acceptors (Lipinski definition) is 8. The summed E-state index contributed by atoms with van der Waals surface area (Å²) in [6, 6.07) is 6.57. The summed E-state index contributed by atoms with van der Waals surface area (Å²) in [5, 5.41) is 22.5. The minimum atomic E-state index is -0.627. The fourth-order valence-corrected chi connectivity index (χ4v) is 1.61. The second-order valence-electron chi connectivity index (χ2n) is 3.87. The smallest absolute Gasteiger partial charge is 0.329 e. The molecule has 1 heterocycles. The molecular weight excluding hydrogens is 276 g/mol. The van der Waals surface area contributed by atoms with Crippen LogP contribution in [0.25, 0.3) is 0 Å². The van der Waals surface area contributed by atoms with Crippen molar-refractivity contribution in [3.8, 4) is 11.8 Å². The summed E-state index contributed by atoms with van der Waals surface area (Å²) in [7, 11) is 1.42. The van der Waals surface area contributed by atoms with Crippen LogP contribution in [0.2, 0.25) is 0 Å². The molecule has 1 aromatic carbocycles. The number of nitrogens with two attached hydrogens (primary N) is 1. The fraction of sp³-hybridized carbons (Fsp3) is 0.0833. The van der Waals surface area contributed by atoms with Gasteiger partial charge in [0.25, 0.3) is 0 Å². The molecule has 9 heteroatoms. The molecule has 2 aromatic rings. The first-order chi connectivity index (χ1) is 10.0. The molecule has 1 aromatic heterocycles. The van der Waals surface area contributed by atoms with Crippen LogP contribution in [0.15, 0.2) is 24.4 Å². The van der Waals surface area contributed by atoms with Gasteiger partial charge in [-0.15, -0.1) is 0 Å². The number of rotatable bonds is 4. The number of nitrogens with zero attached hydrogens (tertiary/aromatic N) is 4. The zero-order valence-corrected chi connectivity index (χ0v) is 10.9. The molecule has 106 valence electrons. The van der Waals surface area contributed by atoms with Gasteiger partial charge in [0.2, 0.25) is 11.8 Å². The predicted molar refractivity (Wildman–Crippen MR) is 74.1 cm³/mol. The summed E-state index contributed by atoms with van der Waals surface area (Å²) >= 11 is 0. The Morgan fingerprint density at radius 1 is 1.52 bits per heavy atom. The molecule has 0 fully saturated rings. The third kappa shape index (κ3) is 2.95. The van der Waals surface area contributed by atoms with Gasteiger partial charge in [-0.1, -0.05) is 0 Å². The van der Waals surface area contributed by atoms with Gasteiger partial charge in [0.15, 0.2) is 0 Å². The summed E-state index contributed by atoms with van der Waals surface area (Å²) in [6.07, 6.45) is 1.01. The van der Waals surface area contributed by atoms with Crippen molar-refractivity contribution in [2.75, 3.05) is 18.2 Å². The van der Waals surface area contributed by atoms with Crippen molar-refractivity contribution in [3.05, 3.63) is 40.1 Å². The highest BCUT2D eigenvalue weighted by molar-refractivity contribution is 5.71. The number of nitro groups is 1. The van der Waals surface area contributed by atoms with E-state index in [0.29, 0.717) is 17.0 Å². The molecule has 0 atom stereocenters. The Kier molecular flexibility index (Phi) is 3.80. The molecule has 9 nitrogen and oxygen atoms in total. The van der Waals surface area contributed by atoms with E-state index in [0.717, 1.165) is 6.20 Å². The number of nitriles is 1. The standard InChI is InChI=1S/C12H10N6O3/c1-21-10-4-7(5-13)2-3-8(10)16-11-9(18(19)20)6-15-12(14)17-11/h2-4,6H,1H3,(H3,14,15,16,17). The first-order valence-electron chi connectivity index (χ1n) is 5.67. The summed E-state index contributed by atoms with van der Waals surface area (Å²) in [6.45, 7) is 0. The van der Waals surface area contributed by atoms with E-state index < -0.39 is 4.92 Å². The Morgan fingerprint density at radius 2 is 2.29 bits per heavy atom. The number of anilines is 3. The molecule has 3 N–H and O–H groups in total. The summed E-state index contributed by atoms with van der Waals surface area (Å²) in [5.41, 5.74) is 5.93. The zero-order chi connectivity index (χ0) is 15.4. The summed E-state index contributed by atoms with van der Waals surface area (Å²) < 4.78 is 5.13. The number of hydrogen-bond donors (Lipinski definition) is 2. The molecule has 0 aliphatic rings. The van der Waals surface area contributed by atoms with E-state index in [1.165, 1.54) is 13.2 Å². The van der Waals surface area contributed by atoms with Gasteiger partial charge in [0.05, 0.1) is 29.4 Å². The van der Waals surface area contributed by atoms with Crippen LogP contribution in [0.4, 0.5) is 23.1 Å². The fourth-order valence-electron chi connectivity index (χ4n) is 1.61. The minimum absolute atomic E-state index is 0.0597. The summed E-state index contributed by atoms with van der Waals surface area (Å²) in [4.78, 5) is 17.7. The van der Waals surface area contributed by atoms with Crippen LogP contribution >= 0.6 is 0 Å². The van der Waals surface area contributed by atoms with Gasteiger partial charge in [0.1, 0.15) is 11.9 Å². The first kappa shape index (κ1) is 14.0. The highest BCUT2D eigenvalue weighted by Crippen LogP contribution is 2.31. The maximum atomic E-state index is 10.9. The van der Waals surface area contributed by atoms with E-state index in [1.807, 2.05) is 6.07 Å². The summed E-state index contributed by atoms with van der Waals surface area (Å²) in [5.74, 6) is 0.187. The highest BCUT2D eigenvalue weighted by atomic mass is 16.6. The van der Waals surface area contributed by atoms with Crippen LogP contribution in [0.1, 0.15) is 5.56 Å². The van der Waals surface area contributed by atoms with Crippen LogP contribution in [0, 0.1) is 21.4 Å². The van der Waals surface area contributed by atoms with Crippen LogP contribution in [0.3, 0.4) is 0 Å². The molecule has 2 rings (SSSR count). The van der Waals surface area contributed by atoms with Crippen molar-refractivity contribution in [1.82, 2.24) is 9.97 Å². The molecule has 0 spiro atoms. The Balaban J connectivity index is 2.45. The van der Waals surface area contributed by atoms with Crippen molar-refractivity contribution >= 4 is 23.1 Å². The van der Waals surface area contributed by atoms with E-state index in [4.69, 9.17) is 15.7 Å². The number of nitrogens with one attached hydrogen (secondary N) is 1. The van der Waals surface area contributed by atoms with Crippen molar-refractivity contribution in [2.45, 2.75) is 0 Å². The Hall–Kier alpha value is -3.41. The molecule has 0 aliphatic heterocycles. The van der Waals surface area contributed by atoms with Gasteiger partial charge in [-0.3, -0.25) is 10.1 Å². The molecule has 0 radical (unpaired) electrons. The number of nitrogen functional groups attached to an aromatic ring is 1. The first-order valence-corrected chi connectivity index (χ1v) is 5.67. The molecule has 0 saturated heterocycles. The Labute approximate surface area is 119 Å². The lowest BCUT2D eigenvalue weighted by atomic mass is 10.2. The molecule has 0 bridgehead atoms. The van der Waals surface area contributed by atoms with E-state index in [2.05, 4.69) is 15.3 Å². The number of ether oxygens (including phenoxy) is 1. The predicted octanol–water partition coefficient (Wildman–Crippen LogP) is 1.59. The van der Waals surface area contributed by atoms with E-state index in [9.17, 15) is 10.1 Å². The second kappa shape index (κ2) is 5.70. The third-order valence-electron chi connectivity index (χ3n) is 2.57. The van der Waals surface area contributed by atoms with Gasteiger partial charge in [-0.05, 0) is 12.1 Å². The molecule has 0 saturated carbocycles. The van der Waals surface area contributed by atoms with Crippen molar-refractivity contribution < 1.29 is 9.66 Å². The lowest BCUT2D eigenvalue weighted by Gasteiger charge is -2.11. The quantitative estimate of drug-likeness (QED) is 0.637. The highest BCUT2D eigenvalue weighted by Gasteiger charge is 2.18. The van der Waals surface area contributed by atoms with Gasteiger partial charge in [-0.25, -0.2) is 4.98 Å².